The van der Waals surface area contributed by atoms with Crippen LogP contribution in [0.15, 0.2) is 24.3 Å². The van der Waals surface area contributed by atoms with Gasteiger partial charge in [0.15, 0.2) is 6.61 Å². The van der Waals surface area contributed by atoms with Crippen LogP contribution in [-0.4, -0.2) is 42.9 Å². The number of hydrogen-bond donors (Lipinski definition) is 3. The third kappa shape index (κ3) is 4.62. The summed E-state index contributed by atoms with van der Waals surface area (Å²) in [6.07, 6.45) is 3.48. The number of nitrogens with one attached hydrogen (secondary N) is 2. The lowest BCUT2D eigenvalue weighted by atomic mass is 9.71. The molecule has 0 unspecified atom stereocenters. The van der Waals surface area contributed by atoms with Crippen LogP contribution in [0.25, 0.3) is 0 Å². The minimum atomic E-state index is -0.209. The lowest BCUT2D eigenvalue weighted by Crippen LogP contribution is -2.53. The first-order chi connectivity index (χ1) is 11.6. The number of carbonyl (C=O) groups excluding carboxylic acids is 1. The van der Waals surface area contributed by atoms with Gasteiger partial charge in [-0.15, -0.1) is 0 Å². The van der Waals surface area contributed by atoms with Gasteiger partial charge in [-0.25, -0.2) is 0 Å². The Labute approximate surface area is 147 Å². The smallest absolute Gasteiger partial charge is 0.258 e. The van der Waals surface area contributed by atoms with E-state index in [0.717, 1.165) is 38.8 Å². The molecular weight excluding hydrogens is 328 g/mol. The molecule has 1 amide bonds. The SMILES string of the molecule is O=C(COc1cccc(Cl)c1)N[C@@H](C1CCNCC1)C1CC(O)C1. The molecule has 1 atom stereocenters. The summed E-state index contributed by atoms with van der Waals surface area (Å²) in [6, 6.07) is 7.17. The van der Waals surface area contributed by atoms with Gasteiger partial charge in [0.25, 0.3) is 5.91 Å². The summed E-state index contributed by atoms with van der Waals surface area (Å²) >= 11 is 5.92. The highest BCUT2D eigenvalue weighted by atomic mass is 35.5. The standard InChI is InChI=1S/C18H25ClN2O3/c19-14-2-1-3-16(10-14)24-11-17(23)21-18(13-8-15(22)9-13)12-4-6-20-7-5-12/h1-3,10,12-13,15,18,20,22H,4-9,11H2,(H,21,23)/t13?,15?,18-/m0/s1. The summed E-state index contributed by atoms with van der Waals surface area (Å²) in [6.45, 7) is 1.97. The van der Waals surface area contributed by atoms with Crippen molar-refractivity contribution in [2.75, 3.05) is 19.7 Å². The Morgan fingerprint density at radius 1 is 1.33 bits per heavy atom. The molecule has 5 nitrogen and oxygen atoms in total. The molecule has 2 aliphatic rings. The highest BCUT2D eigenvalue weighted by Crippen LogP contribution is 2.35. The number of rotatable bonds is 6. The number of aliphatic hydroxyl groups excluding tert-OH is 1. The maximum Gasteiger partial charge on any atom is 0.258 e. The molecule has 6 heteroatoms. The van der Waals surface area contributed by atoms with Crippen LogP contribution >= 0.6 is 11.6 Å². The predicted molar refractivity (Wildman–Crippen MR) is 93.2 cm³/mol. The monoisotopic (exact) mass is 352 g/mol. The van der Waals surface area contributed by atoms with E-state index in [2.05, 4.69) is 10.6 Å². The van der Waals surface area contributed by atoms with Gasteiger partial charge in [0.05, 0.1) is 6.10 Å². The van der Waals surface area contributed by atoms with Gasteiger partial charge in [-0.2, -0.15) is 0 Å². The van der Waals surface area contributed by atoms with Gasteiger partial charge in [0, 0.05) is 11.1 Å². The molecule has 1 aromatic rings. The van der Waals surface area contributed by atoms with Gasteiger partial charge in [-0.3, -0.25) is 4.79 Å². The average Bonchev–Trinajstić information content (AvgIpc) is 2.56. The average molecular weight is 353 g/mol. The fourth-order valence-electron chi connectivity index (χ4n) is 3.68. The van der Waals surface area contributed by atoms with Crippen molar-refractivity contribution in [1.29, 1.82) is 0 Å². The Morgan fingerprint density at radius 2 is 2.08 bits per heavy atom. The molecule has 2 fully saturated rings. The Kier molecular flexibility index (Phi) is 5.98. The number of benzene rings is 1. The van der Waals surface area contributed by atoms with E-state index < -0.39 is 0 Å². The maximum absolute atomic E-state index is 12.3. The number of halogens is 1. The molecule has 1 aliphatic carbocycles. The van der Waals surface area contributed by atoms with Gasteiger partial charge in [0.1, 0.15) is 5.75 Å². The molecular formula is C18H25ClN2O3. The third-order valence-corrected chi connectivity index (χ3v) is 5.28. The zero-order valence-electron chi connectivity index (χ0n) is 13.7. The normalized spacial score (nSPS) is 25.6. The highest BCUT2D eigenvalue weighted by Gasteiger charge is 2.39. The summed E-state index contributed by atoms with van der Waals surface area (Å²) in [4.78, 5) is 12.3. The molecule has 3 N–H and O–H groups in total. The molecule has 1 aliphatic heterocycles. The van der Waals surface area contributed by atoms with Gasteiger partial charge < -0.3 is 20.5 Å². The first-order valence-electron chi connectivity index (χ1n) is 8.68. The maximum atomic E-state index is 12.3. The molecule has 1 heterocycles. The minimum Gasteiger partial charge on any atom is -0.484 e. The van der Waals surface area contributed by atoms with E-state index in [1.165, 1.54) is 0 Å². The van der Waals surface area contributed by atoms with Gasteiger partial charge in [0.2, 0.25) is 0 Å². The van der Waals surface area contributed by atoms with Crippen molar-refractivity contribution in [3.8, 4) is 5.75 Å². The molecule has 0 spiro atoms. The van der Waals surface area contributed by atoms with E-state index in [4.69, 9.17) is 16.3 Å². The fraction of sp³-hybridized carbons (Fsp3) is 0.611. The van der Waals surface area contributed by atoms with E-state index in [-0.39, 0.29) is 24.7 Å². The van der Waals surface area contributed by atoms with Crippen LogP contribution in [0.4, 0.5) is 0 Å². The van der Waals surface area contributed by atoms with Crippen molar-refractivity contribution in [1.82, 2.24) is 10.6 Å². The van der Waals surface area contributed by atoms with Gasteiger partial charge in [-0.05, 0) is 68.8 Å². The summed E-state index contributed by atoms with van der Waals surface area (Å²) in [5.41, 5.74) is 0. The van der Waals surface area contributed by atoms with E-state index in [1.54, 1.807) is 24.3 Å². The highest BCUT2D eigenvalue weighted by molar-refractivity contribution is 6.30. The molecule has 24 heavy (non-hydrogen) atoms. The van der Waals surface area contributed by atoms with E-state index in [0.29, 0.717) is 22.6 Å². The lowest BCUT2D eigenvalue weighted by molar-refractivity contribution is -0.125. The number of hydrogen-bond acceptors (Lipinski definition) is 4. The molecule has 1 saturated carbocycles. The van der Waals surface area contributed by atoms with Crippen LogP contribution in [0.1, 0.15) is 25.7 Å². The van der Waals surface area contributed by atoms with Crippen molar-refractivity contribution >= 4 is 17.5 Å². The molecule has 0 bridgehead atoms. The van der Waals surface area contributed by atoms with Crippen molar-refractivity contribution in [3.63, 3.8) is 0 Å². The largest absolute Gasteiger partial charge is 0.484 e. The zero-order chi connectivity index (χ0) is 16.9. The number of amides is 1. The number of carbonyl (C=O) groups is 1. The van der Waals surface area contributed by atoms with E-state index in [1.807, 2.05) is 0 Å². The first-order valence-corrected chi connectivity index (χ1v) is 9.06. The summed E-state index contributed by atoms with van der Waals surface area (Å²) < 4.78 is 5.53. The summed E-state index contributed by atoms with van der Waals surface area (Å²) in [5, 5.41) is 16.7. The second-order valence-corrected chi connectivity index (χ2v) is 7.25. The lowest BCUT2D eigenvalue weighted by Gasteiger charge is -2.43. The molecule has 0 radical (unpaired) electrons. The Hall–Kier alpha value is -1.30. The topological polar surface area (TPSA) is 70.6 Å². The second kappa shape index (κ2) is 8.19. The summed E-state index contributed by atoms with van der Waals surface area (Å²) in [7, 11) is 0. The second-order valence-electron chi connectivity index (χ2n) is 6.81. The van der Waals surface area contributed by atoms with Crippen LogP contribution in [0.2, 0.25) is 5.02 Å². The van der Waals surface area contributed by atoms with Crippen LogP contribution in [0.5, 0.6) is 5.75 Å². The summed E-state index contributed by atoms with van der Waals surface area (Å²) in [5.74, 6) is 1.33. The van der Waals surface area contributed by atoms with Crippen LogP contribution in [0.3, 0.4) is 0 Å². The number of aliphatic hydroxyl groups is 1. The van der Waals surface area contributed by atoms with Crippen molar-refractivity contribution in [2.24, 2.45) is 11.8 Å². The Balaban J connectivity index is 1.54. The Morgan fingerprint density at radius 3 is 2.75 bits per heavy atom. The van der Waals surface area contributed by atoms with Gasteiger partial charge in [-0.1, -0.05) is 17.7 Å². The van der Waals surface area contributed by atoms with Crippen LogP contribution < -0.4 is 15.4 Å². The fourth-order valence-corrected chi connectivity index (χ4v) is 3.86. The van der Waals surface area contributed by atoms with E-state index in [9.17, 15) is 9.90 Å². The van der Waals surface area contributed by atoms with Crippen molar-refractivity contribution in [2.45, 2.75) is 37.8 Å². The molecule has 1 aromatic carbocycles. The zero-order valence-corrected chi connectivity index (χ0v) is 14.5. The number of ether oxygens (including phenoxy) is 1. The molecule has 0 aromatic heterocycles. The molecule has 3 rings (SSSR count). The molecule has 132 valence electrons. The Bertz CT molecular complexity index is 557. The van der Waals surface area contributed by atoms with Gasteiger partial charge >= 0.3 is 0 Å². The quantitative estimate of drug-likeness (QED) is 0.732. The minimum absolute atomic E-state index is 0.0168. The first kappa shape index (κ1) is 17.5. The number of piperidine rings is 1. The molecule has 1 saturated heterocycles. The predicted octanol–water partition coefficient (Wildman–Crippen LogP) is 1.97. The van der Waals surface area contributed by atoms with Crippen LogP contribution in [0, 0.1) is 11.8 Å². The van der Waals surface area contributed by atoms with Crippen molar-refractivity contribution < 1.29 is 14.6 Å². The van der Waals surface area contributed by atoms with Crippen LogP contribution in [-0.2, 0) is 4.79 Å². The third-order valence-electron chi connectivity index (χ3n) is 5.04. The van der Waals surface area contributed by atoms with Crippen molar-refractivity contribution in [3.05, 3.63) is 29.3 Å². The van der Waals surface area contributed by atoms with E-state index >= 15 is 0 Å².